The van der Waals surface area contributed by atoms with E-state index in [0.717, 1.165) is 31.5 Å². The van der Waals surface area contributed by atoms with E-state index >= 15 is 0 Å². The van der Waals surface area contributed by atoms with Gasteiger partial charge >= 0.3 is 0 Å². The van der Waals surface area contributed by atoms with Crippen molar-refractivity contribution in [3.05, 3.63) is 29.3 Å². The Morgan fingerprint density at radius 2 is 1.82 bits per heavy atom. The molecule has 0 unspecified atom stereocenters. The molecule has 0 atom stereocenters. The molecule has 156 valence electrons. The van der Waals surface area contributed by atoms with Crippen LogP contribution in [-0.4, -0.2) is 52.6 Å². The Morgan fingerprint density at radius 1 is 1.14 bits per heavy atom. The van der Waals surface area contributed by atoms with E-state index in [1.165, 1.54) is 45.3 Å². The second kappa shape index (κ2) is 8.93. The van der Waals surface area contributed by atoms with E-state index in [-0.39, 0.29) is 17.3 Å². The van der Waals surface area contributed by atoms with E-state index in [0.29, 0.717) is 17.6 Å². The van der Waals surface area contributed by atoms with Crippen molar-refractivity contribution < 1.29 is 17.9 Å². The van der Waals surface area contributed by atoms with Gasteiger partial charge in [-0.3, -0.25) is 4.79 Å². The van der Waals surface area contributed by atoms with Crippen LogP contribution in [0.2, 0.25) is 0 Å². The van der Waals surface area contributed by atoms with E-state index in [2.05, 4.69) is 4.72 Å². The largest absolute Gasteiger partial charge is 0.383 e. The minimum absolute atomic E-state index is 0.0582. The monoisotopic (exact) mass is 408 g/mol. The molecule has 2 fully saturated rings. The predicted molar refractivity (Wildman–Crippen MR) is 109 cm³/mol. The number of amides is 1. The van der Waals surface area contributed by atoms with Crippen molar-refractivity contribution in [3.8, 4) is 0 Å². The van der Waals surface area contributed by atoms with Gasteiger partial charge in [0.25, 0.3) is 5.91 Å². The van der Waals surface area contributed by atoms with Gasteiger partial charge < -0.3 is 9.64 Å². The maximum atomic E-state index is 13.1. The average molecular weight is 409 g/mol. The third-order valence-electron chi connectivity index (χ3n) is 6.37. The standard InChI is InChI=1S/C21H32N2O4S/c1-17-6-7-18(28(25,26)22-12-15-27-2)16-19(17)20(24)23-13-10-21(11-14-23)8-4-3-5-9-21/h6-7,16,22H,3-5,8-15H2,1-2H3. The summed E-state index contributed by atoms with van der Waals surface area (Å²) in [5.41, 5.74) is 1.72. The van der Waals surface area contributed by atoms with Crippen LogP contribution in [0, 0.1) is 12.3 Å². The molecule has 6 nitrogen and oxygen atoms in total. The Bertz CT molecular complexity index is 791. The van der Waals surface area contributed by atoms with Crippen molar-refractivity contribution in [1.82, 2.24) is 9.62 Å². The summed E-state index contributed by atoms with van der Waals surface area (Å²) < 4.78 is 32.4. The second-order valence-corrected chi connectivity index (χ2v) is 9.99. The molecule has 1 spiro atoms. The predicted octanol–water partition coefficient (Wildman–Crippen LogP) is 3.11. The van der Waals surface area contributed by atoms with E-state index in [1.807, 2.05) is 11.8 Å². The van der Waals surface area contributed by atoms with E-state index in [9.17, 15) is 13.2 Å². The number of nitrogens with one attached hydrogen (secondary N) is 1. The number of benzene rings is 1. The summed E-state index contributed by atoms with van der Waals surface area (Å²) in [5, 5.41) is 0. The molecule has 1 N–H and O–H groups in total. The van der Waals surface area contributed by atoms with E-state index in [1.54, 1.807) is 12.1 Å². The average Bonchev–Trinajstić information content (AvgIpc) is 2.69. The first-order chi connectivity index (χ1) is 13.4. The van der Waals surface area contributed by atoms with Gasteiger partial charge in [-0.2, -0.15) is 0 Å². The summed E-state index contributed by atoms with van der Waals surface area (Å²) in [5.74, 6) is -0.0582. The van der Waals surface area contributed by atoms with Crippen LogP contribution in [0.15, 0.2) is 23.1 Å². The molecule has 0 radical (unpaired) electrons. The highest BCUT2D eigenvalue weighted by molar-refractivity contribution is 7.89. The lowest BCUT2D eigenvalue weighted by Crippen LogP contribution is -2.44. The minimum atomic E-state index is -3.66. The highest BCUT2D eigenvalue weighted by Crippen LogP contribution is 2.44. The molecule has 3 rings (SSSR count). The first-order valence-corrected chi connectivity index (χ1v) is 11.7. The molecule has 2 aliphatic rings. The van der Waals surface area contributed by atoms with Crippen molar-refractivity contribution in [2.45, 2.75) is 56.8 Å². The third kappa shape index (κ3) is 4.75. The van der Waals surface area contributed by atoms with Gasteiger partial charge in [0, 0.05) is 32.3 Å². The van der Waals surface area contributed by atoms with Crippen LogP contribution in [0.3, 0.4) is 0 Å². The molecule has 0 aromatic heterocycles. The summed E-state index contributed by atoms with van der Waals surface area (Å²) in [4.78, 5) is 15.1. The summed E-state index contributed by atoms with van der Waals surface area (Å²) >= 11 is 0. The van der Waals surface area contributed by atoms with Crippen LogP contribution in [0.25, 0.3) is 0 Å². The zero-order valence-electron chi connectivity index (χ0n) is 17.0. The van der Waals surface area contributed by atoms with Gasteiger partial charge in [-0.15, -0.1) is 0 Å². The number of sulfonamides is 1. The number of methoxy groups -OCH3 is 1. The molecule has 1 aliphatic heterocycles. The SMILES string of the molecule is COCCNS(=O)(=O)c1ccc(C)c(C(=O)N2CCC3(CCCCC3)CC2)c1. The molecule has 1 aromatic carbocycles. The summed E-state index contributed by atoms with van der Waals surface area (Å²) in [7, 11) is -2.14. The number of carbonyl (C=O) groups excluding carboxylic acids is 1. The fourth-order valence-corrected chi connectivity index (χ4v) is 5.56. The normalized spacial score (nSPS) is 19.7. The molecule has 1 saturated carbocycles. The Kier molecular flexibility index (Phi) is 6.78. The third-order valence-corrected chi connectivity index (χ3v) is 7.83. The number of ether oxygens (including phenoxy) is 1. The van der Waals surface area contributed by atoms with Crippen LogP contribution in [-0.2, 0) is 14.8 Å². The van der Waals surface area contributed by atoms with Crippen LogP contribution in [0.4, 0.5) is 0 Å². The Hall–Kier alpha value is -1.44. The second-order valence-electron chi connectivity index (χ2n) is 8.22. The van der Waals surface area contributed by atoms with Crippen molar-refractivity contribution >= 4 is 15.9 Å². The zero-order valence-corrected chi connectivity index (χ0v) is 17.8. The number of likely N-dealkylation sites (tertiary alicyclic amines) is 1. The number of hydrogen-bond acceptors (Lipinski definition) is 4. The van der Waals surface area contributed by atoms with Gasteiger partial charge in [0.15, 0.2) is 0 Å². The van der Waals surface area contributed by atoms with E-state index in [4.69, 9.17) is 4.74 Å². The van der Waals surface area contributed by atoms with Crippen molar-refractivity contribution in [2.75, 3.05) is 33.4 Å². The van der Waals surface area contributed by atoms with Crippen molar-refractivity contribution in [3.63, 3.8) is 0 Å². The lowest BCUT2D eigenvalue weighted by Gasteiger charge is -2.44. The van der Waals surface area contributed by atoms with Gasteiger partial charge in [-0.1, -0.05) is 25.3 Å². The van der Waals surface area contributed by atoms with Crippen molar-refractivity contribution in [1.29, 1.82) is 0 Å². The Labute approximate surface area is 168 Å². The first-order valence-electron chi connectivity index (χ1n) is 10.3. The topological polar surface area (TPSA) is 75.7 Å². The molecule has 0 bridgehead atoms. The van der Waals surface area contributed by atoms with Crippen LogP contribution < -0.4 is 4.72 Å². The van der Waals surface area contributed by atoms with Crippen LogP contribution in [0.5, 0.6) is 0 Å². The molecule has 1 saturated heterocycles. The fraction of sp³-hybridized carbons (Fsp3) is 0.667. The fourth-order valence-electron chi connectivity index (χ4n) is 4.52. The summed E-state index contributed by atoms with van der Waals surface area (Å²) in [6, 6.07) is 4.77. The van der Waals surface area contributed by atoms with E-state index < -0.39 is 10.0 Å². The lowest BCUT2D eigenvalue weighted by molar-refractivity contribution is 0.0471. The van der Waals surface area contributed by atoms with Gasteiger partial charge in [0.05, 0.1) is 11.5 Å². The van der Waals surface area contributed by atoms with Gasteiger partial charge in [0.1, 0.15) is 0 Å². The van der Waals surface area contributed by atoms with Gasteiger partial charge in [0.2, 0.25) is 10.0 Å². The molecule has 1 aromatic rings. The van der Waals surface area contributed by atoms with Gasteiger partial charge in [-0.25, -0.2) is 13.1 Å². The van der Waals surface area contributed by atoms with Crippen molar-refractivity contribution in [2.24, 2.45) is 5.41 Å². The summed E-state index contributed by atoms with van der Waals surface area (Å²) in [6.07, 6.45) is 8.65. The number of nitrogens with zero attached hydrogens (tertiary/aromatic N) is 1. The number of piperidine rings is 1. The Morgan fingerprint density at radius 3 is 2.46 bits per heavy atom. The molecule has 28 heavy (non-hydrogen) atoms. The highest BCUT2D eigenvalue weighted by atomic mass is 32.2. The molecule has 1 amide bonds. The highest BCUT2D eigenvalue weighted by Gasteiger charge is 2.37. The number of carbonyl (C=O) groups is 1. The minimum Gasteiger partial charge on any atom is -0.383 e. The smallest absolute Gasteiger partial charge is 0.254 e. The summed E-state index contributed by atoms with van der Waals surface area (Å²) in [6.45, 7) is 3.88. The number of hydrogen-bond donors (Lipinski definition) is 1. The molecular weight excluding hydrogens is 376 g/mol. The maximum absolute atomic E-state index is 13.1. The molecule has 1 heterocycles. The quantitative estimate of drug-likeness (QED) is 0.734. The zero-order chi connectivity index (χ0) is 20.2. The number of rotatable bonds is 6. The Balaban J connectivity index is 1.71. The maximum Gasteiger partial charge on any atom is 0.254 e. The lowest BCUT2D eigenvalue weighted by atomic mass is 9.68. The number of aryl methyl sites for hydroxylation is 1. The molecule has 7 heteroatoms. The first kappa shape index (κ1) is 21.3. The van der Waals surface area contributed by atoms with Gasteiger partial charge in [-0.05, 0) is 55.7 Å². The molecule has 1 aliphatic carbocycles. The molecular formula is C21H32N2O4S. The van der Waals surface area contributed by atoms with Crippen LogP contribution in [0.1, 0.15) is 60.9 Å². The van der Waals surface area contributed by atoms with Crippen LogP contribution >= 0.6 is 0 Å².